The maximum absolute atomic E-state index is 12.3. The van der Waals surface area contributed by atoms with Crippen LogP contribution in [0.5, 0.6) is 0 Å². The zero-order chi connectivity index (χ0) is 15.5. The van der Waals surface area contributed by atoms with E-state index in [0.29, 0.717) is 0 Å². The average Bonchev–Trinajstić information content (AvgIpc) is 2.38. The van der Waals surface area contributed by atoms with E-state index in [4.69, 9.17) is 11.6 Å². The van der Waals surface area contributed by atoms with E-state index in [1.807, 2.05) is 0 Å². The first-order valence-corrected chi connectivity index (χ1v) is 7.64. The van der Waals surface area contributed by atoms with Crippen molar-refractivity contribution >= 4 is 27.5 Å². The molecule has 0 aromatic heterocycles. The molecule has 0 saturated carbocycles. The number of sulfonamides is 1. The Morgan fingerprint density at radius 3 is 2.50 bits per heavy atom. The van der Waals surface area contributed by atoms with Crippen molar-refractivity contribution in [3.8, 4) is 0 Å². The van der Waals surface area contributed by atoms with Crippen LogP contribution in [0, 0.1) is 0 Å². The lowest BCUT2D eigenvalue weighted by Crippen LogP contribution is -2.33. The third-order valence-electron chi connectivity index (χ3n) is 2.78. The number of carbonyl (C=O) groups is 1. The number of rotatable bonds is 5. The van der Waals surface area contributed by atoms with E-state index in [9.17, 15) is 13.2 Å². The first kappa shape index (κ1) is 16.9. The number of amides is 1. The number of nitrogens with zero attached hydrogens (tertiary/aromatic N) is 1. The van der Waals surface area contributed by atoms with Gasteiger partial charge in [0, 0.05) is 13.1 Å². The summed E-state index contributed by atoms with van der Waals surface area (Å²) in [6.45, 7) is 3.51. The molecular weight excluding hydrogens is 304 g/mol. The number of hydrogen-bond donors (Lipinski definition) is 1. The van der Waals surface area contributed by atoms with Crippen molar-refractivity contribution in [2.75, 3.05) is 14.2 Å². The molecule has 1 N–H and O–H groups in total. The molecule has 1 aromatic rings. The van der Waals surface area contributed by atoms with Crippen LogP contribution >= 0.6 is 11.6 Å². The molecule has 0 aliphatic carbocycles. The maximum atomic E-state index is 12.3. The van der Waals surface area contributed by atoms with E-state index in [1.165, 1.54) is 36.7 Å². The third kappa shape index (κ3) is 3.49. The summed E-state index contributed by atoms with van der Waals surface area (Å²) in [4.78, 5) is 16.2. The van der Waals surface area contributed by atoms with Crippen molar-refractivity contribution in [3.05, 3.63) is 28.8 Å². The molecule has 1 amide bonds. The van der Waals surface area contributed by atoms with Crippen molar-refractivity contribution < 1.29 is 18.0 Å². The van der Waals surface area contributed by atoms with Crippen molar-refractivity contribution in [1.29, 1.82) is 0 Å². The predicted octanol–water partition coefficient (Wildman–Crippen LogP) is 1.66. The lowest BCUT2D eigenvalue weighted by Gasteiger charge is -2.21. The molecule has 0 saturated heterocycles. The van der Waals surface area contributed by atoms with Crippen molar-refractivity contribution in [2.24, 2.45) is 0 Å². The number of hydrogen-bond acceptors (Lipinski definition) is 4. The summed E-state index contributed by atoms with van der Waals surface area (Å²) in [5.41, 5.74) is 2.14. The highest BCUT2D eigenvalue weighted by Crippen LogP contribution is 2.23. The highest BCUT2D eigenvalue weighted by Gasteiger charge is 2.25. The van der Waals surface area contributed by atoms with Gasteiger partial charge in [-0.3, -0.25) is 9.63 Å². The molecule has 1 aromatic carbocycles. The summed E-state index contributed by atoms with van der Waals surface area (Å²) in [5.74, 6) is -0.609. The van der Waals surface area contributed by atoms with Gasteiger partial charge >= 0.3 is 0 Å². The van der Waals surface area contributed by atoms with E-state index in [1.54, 1.807) is 13.8 Å². The minimum atomic E-state index is -3.67. The van der Waals surface area contributed by atoms with Crippen LogP contribution in [0.2, 0.25) is 5.02 Å². The SMILES string of the molecule is CONC(=O)c1cc(S(=O)(=O)N(C)C(C)C)ccc1Cl. The standard InChI is InChI=1S/C12H17ClN2O4S/c1-8(2)15(3)20(17,18)9-5-6-11(13)10(7-9)12(16)14-19-4/h5-8H,1-4H3,(H,14,16). The Labute approximate surface area is 123 Å². The average molecular weight is 321 g/mol. The summed E-state index contributed by atoms with van der Waals surface area (Å²) >= 11 is 5.89. The molecule has 112 valence electrons. The van der Waals surface area contributed by atoms with Gasteiger partial charge < -0.3 is 0 Å². The van der Waals surface area contributed by atoms with Crippen LogP contribution in [0.1, 0.15) is 24.2 Å². The zero-order valence-corrected chi connectivity index (χ0v) is 13.2. The monoisotopic (exact) mass is 320 g/mol. The fraction of sp³-hybridized carbons (Fsp3) is 0.417. The van der Waals surface area contributed by atoms with Gasteiger partial charge in [0.25, 0.3) is 5.91 Å². The molecule has 0 unspecified atom stereocenters. The Morgan fingerprint density at radius 1 is 1.40 bits per heavy atom. The number of carbonyl (C=O) groups excluding carboxylic acids is 1. The van der Waals surface area contributed by atoms with Crippen LogP contribution in [0.4, 0.5) is 0 Å². The summed E-state index contributed by atoms with van der Waals surface area (Å²) < 4.78 is 25.9. The van der Waals surface area contributed by atoms with Gasteiger partial charge in [-0.05, 0) is 32.0 Å². The van der Waals surface area contributed by atoms with Crippen LogP contribution in [0.15, 0.2) is 23.1 Å². The van der Waals surface area contributed by atoms with Crippen LogP contribution in [-0.2, 0) is 14.9 Å². The zero-order valence-electron chi connectivity index (χ0n) is 11.7. The Kier molecular flexibility index (Phi) is 5.52. The van der Waals surface area contributed by atoms with Gasteiger partial charge in [0.05, 0.1) is 22.6 Å². The quantitative estimate of drug-likeness (QED) is 0.837. The van der Waals surface area contributed by atoms with Gasteiger partial charge in [0.1, 0.15) is 0 Å². The third-order valence-corrected chi connectivity index (χ3v) is 5.14. The molecule has 0 atom stereocenters. The Balaban J connectivity index is 3.29. The highest BCUT2D eigenvalue weighted by molar-refractivity contribution is 7.89. The molecule has 0 bridgehead atoms. The summed E-state index contributed by atoms with van der Waals surface area (Å²) in [6, 6.07) is 3.75. The second-order valence-corrected chi connectivity index (χ2v) is 6.80. The van der Waals surface area contributed by atoms with Crippen LogP contribution in [0.3, 0.4) is 0 Å². The van der Waals surface area contributed by atoms with Crippen molar-refractivity contribution in [3.63, 3.8) is 0 Å². The minimum absolute atomic E-state index is 0.000599. The Bertz CT molecular complexity index is 601. The van der Waals surface area contributed by atoms with Gasteiger partial charge in [-0.1, -0.05) is 11.6 Å². The molecule has 0 aliphatic heterocycles. The summed E-state index contributed by atoms with van der Waals surface area (Å²) in [7, 11) is -0.920. The van der Waals surface area contributed by atoms with E-state index in [-0.39, 0.29) is 21.5 Å². The molecule has 0 aliphatic rings. The predicted molar refractivity (Wildman–Crippen MR) is 76.0 cm³/mol. The largest absolute Gasteiger partial charge is 0.277 e. The van der Waals surface area contributed by atoms with Crippen molar-refractivity contribution in [2.45, 2.75) is 24.8 Å². The molecule has 1 rings (SSSR count). The molecule has 20 heavy (non-hydrogen) atoms. The number of benzene rings is 1. The Hall–Kier alpha value is -1.15. The van der Waals surface area contributed by atoms with Gasteiger partial charge in [0.15, 0.2) is 0 Å². The van der Waals surface area contributed by atoms with Crippen molar-refractivity contribution in [1.82, 2.24) is 9.79 Å². The second-order valence-electron chi connectivity index (χ2n) is 4.39. The molecule has 8 heteroatoms. The Morgan fingerprint density at radius 2 is 2.00 bits per heavy atom. The molecule has 0 spiro atoms. The van der Waals surface area contributed by atoms with Crippen LogP contribution < -0.4 is 5.48 Å². The molecule has 0 heterocycles. The van der Waals surface area contributed by atoms with Crippen LogP contribution in [-0.4, -0.2) is 38.8 Å². The maximum Gasteiger partial charge on any atom is 0.276 e. The first-order valence-electron chi connectivity index (χ1n) is 5.82. The lowest BCUT2D eigenvalue weighted by atomic mass is 10.2. The van der Waals surface area contributed by atoms with Crippen LogP contribution in [0.25, 0.3) is 0 Å². The number of nitrogens with one attached hydrogen (secondary N) is 1. The van der Waals surface area contributed by atoms with Gasteiger partial charge in [0.2, 0.25) is 10.0 Å². The minimum Gasteiger partial charge on any atom is -0.277 e. The summed E-state index contributed by atoms with van der Waals surface area (Å²) in [6.07, 6.45) is 0. The molecule has 0 radical (unpaired) electrons. The molecular formula is C12H17ClN2O4S. The van der Waals surface area contributed by atoms with E-state index >= 15 is 0 Å². The smallest absolute Gasteiger partial charge is 0.276 e. The normalized spacial score (nSPS) is 11.9. The first-order chi connectivity index (χ1) is 9.21. The fourth-order valence-corrected chi connectivity index (χ4v) is 3.03. The van der Waals surface area contributed by atoms with E-state index < -0.39 is 15.9 Å². The lowest BCUT2D eigenvalue weighted by molar-refractivity contribution is 0.0537. The van der Waals surface area contributed by atoms with E-state index in [0.717, 1.165) is 0 Å². The van der Waals surface area contributed by atoms with Gasteiger partial charge in [-0.25, -0.2) is 13.9 Å². The topological polar surface area (TPSA) is 75.7 Å². The van der Waals surface area contributed by atoms with Gasteiger partial charge in [-0.2, -0.15) is 4.31 Å². The molecule has 6 nitrogen and oxygen atoms in total. The summed E-state index contributed by atoms with van der Waals surface area (Å²) in [5, 5.41) is 0.144. The second kappa shape index (κ2) is 6.53. The van der Waals surface area contributed by atoms with Gasteiger partial charge in [-0.15, -0.1) is 0 Å². The number of hydroxylamine groups is 1. The fourth-order valence-electron chi connectivity index (χ4n) is 1.43. The number of halogens is 1. The molecule has 0 fully saturated rings. The highest BCUT2D eigenvalue weighted by atomic mass is 35.5. The van der Waals surface area contributed by atoms with E-state index in [2.05, 4.69) is 10.3 Å².